The topological polar surface area (TPSA) is 73.5 Å². The number of benzene rings is 2. The normalized spacial score (nSPS) is 14.6. The van der Waals surface area contributed by atoms with E-state index in [9.17, 15) is 18.0 Å². The Morgan fingerprint density at radius 1 is 1.16 bits per heavy atom. The van der Waals surface area contributed by atoms with Gasteiger partial charge in [0.2, 0.25) is 0 Å². The Hall–Kier alpha value is -3.52. The molecular weight excluding hydrogens is 507 g/mol. The van der Waals surface area contributed by atoms with Gasteiger partial charge in [-0.25, -0.2) is 4.98 Å². The van der Waals surface area contributed by atoms with Gasteiger partial charge in [0.25, 0.3) is 0 Å². The SMILES string of the molecule is CN1CCN(CCOc2ccc(-c3ncc(C(F)(F)F)[nH]3)cc2NC(=O)C#Cc2ccc(Cl)cc2)CC1. The second-order valence-electron chi connectivity index (χ2n) is 8.56. The summed E-state index contributed by atoms with van der Waals surface area (Å²) in [5.41, 5.74) is 0.265. The molecule has 0 atom stereocenters. The number of aromatic amines is 1. The van der Waals surface area contributed by atoms with Crippen molar-refractivity contribution < 1.29 is 22.7 Å². The summed E-state index contributed by atoms with van der Waals surface area (Å²) in [6, 6.07) is 11.4. The molecule has 1 aliphatic heterocycles. The number of hydrogen-bond donors (Lipinski definition) is 2. The Morgan fingerprint density at radius 3 is 2.57 bits per heavy atom. The first kappa shape index (κ1) is 26.5. The molecule has 0 spiro atoms. The minimum Gasteiger partial charge on any atom is -0.490 e. The monoisotopic (exact) mass is 531 g/mol. The fraction of sp³-hybridized carbons (Fsp3) is 0.308. The summed E-state index contributed by atoms with van der Waals surface area (Å²) in [5.74, 6) is 5.04. The maximum atomic E-state index is 13.0. The average molecular weight is 532 g/mol. The van der Waals surface area contributed by atoms with Crippen molar-refractivity contribution in [2.24, 2.45) is 0 Å². The average Bonchev–Trinajstić information content (AvgIpc) is 3.37. The van der Waals surface area contributed by atoms with E-state index in [1.165, 1.54) is 6.07 Å². The highest BCUT2D eigenvalue weighted by molar-refractivity contribution is 6.30. The van der Waals surface area contributed by atoms with Crippen LogP contribution in [0.15, 0.2) is 48.7 Å². The van der Waals surface area contributed by atoms with Crippen molar-refractivity contribution in [2.75, 3.05) is 51.7 Å². The van der Waals surface area contributed by atoms with E-state index in [4.69, 9.17) is 16.3 Å². The second-order valence-corrected chi connectivity index (χ2v) is 9.00. The predicted molar refractivity (Wildman–Crippen MR) is 135 cm³/mol. The van der Waals surface area contributed by atoms with Gasteiger partial charge >= 0.3 is 12.1 Å². The maximum absolute atomic E-state index is 13.0. The molecule has 1 aromatic heterocycles. The molecule has 37 heavy (non-hydrogen) atoms. The van der Waals surface area contributed by atoms with Crippen LogP contribution in [-0.2, 0) is 11.0 Å². The van der Waals surface area contributed by atoms with Gasteiger partial charge in [0, 0.05) is 54.8 Å². The Kier molecular flexibility index (Phi) is 8.38. The molecule has 0 bridgehead atoms. The number of imidazole rings is 1. The molecule has 3 aromatic rings. The van der Waals surface area contributed by atoms with E-state index in [-0.39, 0.29) is 11.5 Å². The number of halogens is 4. The predicted octanol–water partition coefficient (Wildman–Crippen LogP) is 4.37. The van der Waals surface area contributed by atoms with Gasteiger partial charge in [-0.15, -0.1) is 0 Å². The van der Waals surface area contributed by atoms with Gasteiger partial charge in [0.05, 0.1) is 11.9 Å². The highest BCUT2D eigenvalue weighted by Gasteiger charge is 2.33. The molecule has 2 N–H and O–H groups in total. The fourth-order valence-electron chi connectivity index (χ4n) is 3.68. The van der Waals surface area contributed by atoms with E-state index in [0.717, 1.165) is 32.4 Å². The van der Waals surface area contributed by atoms with Crippen LogP contribution >= 0.6 is 11.6 Å². The molecule has 2 heterocycles. The number of carbonyl (C=O) groups is 1. The van der Waals surface area contributed by atoms with E-state index in [1.54, 1.807) is 36.4 Å². The van der Waals surface area contributed by atoms with Crippen LogP contribution in [0.4, 0.5) is 18.9 Å². The molecule has 0 saturated carbocycles. The maximum Gasteiger partial charge on any atom is 0.432 e. The Balaban J connectivity index is 1.51. The molecule has 2 aromatic carbocycles. The first-order valence-electron chi connectivity index (χ1n) is 11.6. The van der Waals surface area contributed by atoms with Gasteiger partial charge in [0.1, 0.15) is 23.9 Å². The van der Waals surface area contributed by atoms with Crippen LogP contribution in [0.2, 0.25) is 5.02 Å². The summed E-state index contributed by atoms with van der Waals surface area (Å²) in [4.78, 5) is 23.2. The van der Waals surface area contributed by atoms with E-state index < -0.39 is 17.8 Å². The summed E-state index contributed by atoms with van der Waals surface area (Å²) in [6.45, 7) is 4.90. The summed E-state index contributed by atoms with van der Waals surface area (Å²) in [7, 11) is 2.08. The van der Waals surface area contributed by atoms with E-state index in [0.29, 0.717) is 35.1 Å². The Bertz CT molecular complexity index is 1290. The number of ether oxygens (including phenoxy) is 1. The largest absolute Gasteiger partial charge is 0.490 e. The number of amides is 1. The second kappa shape index (κ2) is 11.7. The molecule has 1 saturated heterocycles. The highest BCUT2D eigenvalue weighted by Crippen LogP contribution is 2.33. The van der Waals surface area contributed by atoms with Gasteiger partial charge < -0.3 is 19.9 Å². The van der Waals surface area contributed by atoms with Gasteiger partial charge in [-0.3, -0.25) is 9.69 Å². The zero-order valence-corrected chi connectivity index (χ0v) is 20.8. The number of rotatable bonds is 6. The van der Waals surface area contributed by atoms with Gasteiger partial charge in [-0.05, 0) is 49.5 Å². The Morgan fingerprint density at radius 2 is 1.89 bits per heavy atom. The molecular formula is C26H25ClF3N5O2. The number of nitrogens with zero attached hydrogens (tertiary/aromatic N) is 3. The van der Waals surface area contributed by atoms with E-state index >= 15 is 0 Å². The van der Waals surface area contributed by atoms with Crippen molar-refractivity contribution >= 4 is 23.2 Å². The van der Waals surface area contributed by atoms with Crippen LogP contribution in [-0.4, -0.2) is 72.1 Å². The summed E-state index contributed by atoms with van der Waals surface area (Å²) >= 11 is 5.87. The number of piperazine rings is 1. The van der Waals surface area contributed by atoms with E-state index in [1.807, 2.05) is 0 Å². The van der Waals surface area contributed by atoms with Crippen LogP contribution in [0.3, 0.4) is 0 Å². The van der Waals surface area contributed by atoms with Crippen LogP contribution in [0.25, 0.3) is 11.4 Å². The summed E-state index contributed by atoms with van der Waals surface area (Å²) in [5, 5.41) is 3.24. The summed E-state index contributed by atoms with van der Waals surface area (Å²) in [6.07, 6.45) is -3.82. The van der Waals surface area contributed by atoms with Crippen LogP contribution in [0, 0.1) is 11.8 Å². The lowest BCUT2D eigenvalue weighted by Crippen LogP contribution is -2.45. The molecule has 1 aliphatic rings. The summed E-state index contributed by atoms with van der Waals surface area (Å²) < 4.78 is 45.0. The van der Waals surface area contributed by atoms with Crippen molar-refractivity contribution in [3.8, 4) is 29.0 Å². The Labute approximate surface area is 217 Å². The number of H-pyrrole nitrogens is 1. The third-order valence-corrected chi connectivity index (χ3v) is 6.06. The van der Waals surface area contributed by atoms with Crippen LogP contribution in [0.5, 0.6) is 5.75 Å². The third-order valence-electron chi connectivity index (χ3n) is 5.81. The van der Waals surface area contributed by atoms with Crippen molar-refractivity contribution in [1.82, 2.24) is 19.8 Å². The van der Waals surface area contributed by atoms with Gasteiger partial charge in [-0.2, -0.15) is 13.2 Å². The number of anilines is 1. The number of carbonyl (C=O) groups excluding carboxylic acids is 1. The van der Waals surface area contributed by atoms with E-state index in [2.05, 4.69) is 44.0 Å². The van der Waals surface area contributed by atoms with Crippen molar-refractivity contribution in [2.45, 2.75) is 6.18 Å². The molecule has 11 heteroatoms. The fourth-order valence-corrected chi connectivity index (χ4v) is 3.81. The lowest BCUT2D eigenvalue weighted by Gasteiger charge is -2.32. The molecule has 7 nitrogen and oxygen atoms in total. The van der Waals surface area contributed by atoms with Crippen molar-refractivity contribution in [1.29, 1.82) is 0 Å². The molecule has 4 rings (SSSR count). The molecule has 0 radical (unpaired) electrons. The number of likely N-dealkylation sites (N-methyl/N-ethyl adjacent to an activating group) is 1. The quantitative estimate of drug-likeness (QED) is 0.462. The van der Waals surface area contributed by atoms with Gasteiger partial charge in [-0.1, -0.05) is 17.5 Å². The minimum atomic E-state index is -4.55. The van der Waals surface area contributed by atoms with Gasteiger partial charge in [0.15, 0.2) is 0 Å². The highest BCUT2D eigenvalue weighted by atomic mass is 35.5. The zero-order valence-electron chi connectivity index (χ0n) is 20.0. The van der Waals surface area contributed by atoms with Crippen molar-refractivity contribution in [3.05, 3.63) is 64.9 Å². The number of nitrogens with one attached hydrogen (secondary N) is 2. The smallest absolute Gasteiger partial charge is 0.432 e. The zero-order chi connectivity index (χ0) is 26.4. The van der Waals surface area contributed by atoms with Crippen molar-refractivity contribution in [3.63, 3.8) is 0 Å². The van der Waals surface area contributed by atoms with Crippen LogP contribution < -0.4 is 10.1 Å². The first-order chi connectivity index (χ1) is 17.7. The lowest BCUT2D eigenvalue weighted by molar-refractivity contribution is -0.140. The molecule has 0 unspecified atom stereocenters. The molecule has 1 fully saturated rings. The lowest BCUT2D eigenvalue weighted by atomic mass is 10.1. The molecule has 194 valence electrons. The molecule has 0 aliphatic carbocycles. The molecule has 1 amide bonds. The third kappa shape index (κ3) is 7.49. The number of alkyl halides is 3. The first-order valence-corrected chi connectivity index (χ1v) is 11.9. The number of hydrogen-bond acceptors (Lipinski definition) is 5. The van der Waals surface area contributed by atoms with Crippen LogP contribution in [0.1, 0.15) is 11.3 Å². The minimum absolute atomic E-state index is 0.0130. The standard InChI is InChI=1S/C26H25ClF3N5O2/c1-34-10-12-35(13-11-34)14-15-37-22-8-5-19(25-31-17-23(33-25)26(28,29)30)16-21(22)32-24(36)9-4-18-2-6-20(27)7-3-18/h2-3,5-8,16-17H,10-15H2,1H3,(H,31,33)(H,32,36). The number of aromatic nitrogens is 2.